The maximum Gasteiger partial charge on any atom is 0.306 e. The summed E-state index contributed by atoms with van der Waals surface area (Å²) in [4.78, 5) is 10.6. The van der Waals surface area contributed by atoms with Crippen LogP contribution in [0.1, 0.15) is 91.4 Å². The summed E-state index contributed by atoms with van der Waals surface area (Å²) in [6.07, 6.45) is 13.9. The summed E-state index contributed by atoms with van der Waals surface area (Å²) in [6, 6.07) is 0. The molecule has 0 aromatic carbocycles. The van der Waals surface area contributed by atoms with E-state index in [2.05, 4.69) is 13.8 Å². The topological polar surface area (TPSA) is 37.3 Å². The Morgan fingerprint density at radius 1 is 0.842 bits per heavy atom. The van der Waals surface area contributed by atoms with Crippen molar-refractivity contribution in [2.75, 3.05) is 0 Å². The summed E-state index contributed by atoms with van der Waals surface area (Å²) in [5.41, 5.74) is 0. The Balaban J connectivity index is 3.21. The molecule has 0 heterocycles. The number of unbranched alkanes of at least 4 members (excludes halogenated alkanes) is 6. The predicted octanol–water partition coefficient (Wildman–Crippen LogP) is 5.65. The first-order valence-corrected chi connectivity index (χ1v) is 8.30. The average molecular weight is 270 g/mol. The van der Waals surface area contributed by atoms with E-state index in [-0.39, 0.29) is 5.92 Å². The highest BCUT2D eigenvalue weighted by Crippen LogP contribution is 2.17. The first kappa shape index (κ1) is 18.5. The standard InChI is InChI=1S/C17H34O2/c1-4-5-12-15(2)13-10-8-6-7-9-11-14-16(3)17(18)19/h15-16H,4-14H2,1-3H3,(H,18,19). The molecule has 0 spiro atoms. The fourth-order valence-corrected chi connectivity index (χ4v) is 2.47. The van der Waals surface area contributed by atoms with Gasteiger partial charge in [-0.3, -0.25) is 4.79 Å². The predicted molar refractivity (Wildman–Crippen MR) is 82.4 cm³/mol. The Labute approximate surface area is 120 Å². The minimum atomic E-state index is -0.652. The van der Waals surface area contributed by atoms with Crippen LogP contribution in [0.15, 0.2) is 0 Å². The zero-order valence-corrected chi connectivity index (χ0v) is 13.3. The van der Waals surface area contributed by atoms with Crippen LogP contribution in [0.4, 0.5) is 0 Å². The van der Waals surface area contributed by atoms with Crippen molar-refractivity contribution in [3.8, 4) is 0 Å². The van der Waals surface area contributed by atoms with Gasteiger partial charge in [-0.05, 0) is 12.3 Å². The summed E-state index contributed by atoms with van der Waals surface area (Å²) >= 11 is 0. The second-order valence-electron chi connectivity index (χ2n) is 6.19. The van der Waals surface area contributed by atoms with Crippen molar-refractivity contribution < 1.29 is 9.90 Å². The molecule has 2 atom stereocenters. The van der Waals surface area contributed by atoms with Crippen molar-refractivity contribution in [1.82, 2.24) is 0 Å². The molecule has 0 aliphatic carbocycles. The van der Waals surface area contributed by atoms with E-state index in [1.54, 1.807) is 6.92 Å². The summed E-state index contributed by atoms with van der Waals surface area (Å²) in [7, 11) is 0. The summed E-state index contributed by atoms with van der Waals surface area (Å²) in [5.74, 6) is 0.0804. The van der Waals surface area contributed by atoms with E-state index < -0.39 is 5.97 Å². The molecule has 0 aromatic rings. The number of aliphatic carboxylic acids is 1. The number of carboxylic acid groups (broad SMARTS) is 1. The highest BCUT2D eigenvalue weighted by atomic mass is 16.4. The normalized spacial score (nSPS) is 14.3. The van der Waals surface area contributed by atoms with Gasteiger partial charge < -0.3 is 5.11 Å². The van der Waals surface area contributed by atoms with Gasteiger partial charge in [0.2, 0.25) is 0 Å². The van der Waals surface area contributed by atoms with Crippen LogP contribution < -0.4 is 0 Å². The van der Waals surface area contributed by atoms with Crippen LogP contribution in [-0.4, -0.2) is 11.1 Å². The average Bonchev–Trinajstić information content (AvgIpc) is 2.38. The van der Waals surface area contributed by atoms with Crippen molar-refractivity contribution in [3.63, 3.8) is 0 Å². The third-order valence-corrected chi connectivity index (χ3v) is 4.06. The van der Waals surface area contributed by atoms with Gasteiger partial charge in [0.25, 0.3) is 0 Å². The molecule has 2 heteroatoms. The van der Waals surface area contributed by atoms with E-state index in [4.69, 9.17) is 5.11 Å². The zero-order valence-electron chi connectivity index (χ0n) is 13.3. The molecule has 0 rings (SSSR count). The summed E-state index contributed by atoms with van der Waals surface area (Å²) in [5, 5.41) is 8.77. The van der Waals surface area contributed by atoms with Crippen LogP contribution in [-0.2, 0) is 4.79 Å². The molecule has 0 fully saturated rings. The van der Waals surface area contributed by atoms with Crippen molar-refractivity contribution >= 4 is 5.97 Å². The molecule has 1 N–H and O–H groups in total. The third-order valence-electron chi connectivity index (χ3n) is 4.06. The number of hydrogen-bond acceptors (Lipinski definition) is 1. The molecular formula is C17H34O2. The van der Waals surface area contributed by atoms with Crippen LogP contribution >= 0.6 is 0 Å². The zero-order chi connectivity index (χ0) is 14.5. The Morgan fingerprint density at radius 3 is 1.84 bits per heavy atom. The molecule has 19 heavy (non-hydrogen) atoms. The number of rotatable bonds is 13. The lowest BCUT2D eigenvalue weighted by atomic mass is 9.96. The number of carbonyl (C=O) groups is 1. The van der Waals surface area contributed by atoms with Crippen molar-refractivity contribution in [1.29, 1.82) is 0 Å². The third kappa shape index (κ3) is 12.3. The lowest BCUT2D eigenvalue weighted by Gasteiger charge is -2.10. The van der Waals surface area contributed by atoms with Gasteiger partial charge in [-0.1, -0.05) is 85.0 Å². The molecular weight excluding hydrogens is 236 g/mol. The molecule has 0 saturated heterocycles. The Bertz CT molecular complexity index is 213. The fourth-order valence-electron chi connectivity index (χ4n) is 2.47. The quantitative estimate of drug-likeness (QED) is 0.439. The first-order valence-electron chi connectivity index (χ1n) is 8.30. The van der Waals surface area contributed by atoms with Gasteiger partial charge in [-0.15, -0.1) is 0 Å². The van der Waals surface area contributed by atoms with Gasteiger partial charge in [0.05, 0.1) is 5.92 Å². The highest BCUT2D eigenvalue weighted by molar-refractivity contribution is 5.69. The second-order valence-corrected chi connectivity index (χ2v) is 6.19. The maximum atomic E-state index is 10.6. The van der Waals surface area contributed by atoms with E-state index in [1.807, 2.05) is 0 Å². The molecule has 0 aliphatic heterocycles. The molecule has 0 bridgehead atoms. The molecule has 2 unspecified atom stereocenters. The van der Waals surface area contributed by atoms with Crippen LogP contribution in [0.25, 0.3) is 0 Å². The monoisotopic (exact) mass is 270 g/mol. The summed E-state index contributed by atoms with van der Waals surface area (Å²) < 4.78 is 0. The van der Waals surface area contributed by atoms with Crippen LogP contribution in [0.3, 0.4) is 0 Å². The molecule has 114 valence electrons. The van der Waals surface area contributed by atoms with Gasteiger partial charge in [-0.2, -0.15) is 0 Å². The minimum absolute atomic E-state index is 0.167. The van der Waals surface area contributed by atoms with Crippen molar-refractivity contribution in [3.05, 3.63) is 0 Å². The summed E-state index contributed by atoms with van der Waals surface area (Å²) in [6.45, 7) is 6.45. The Morgan fingerprint density at radius 2 is 1.32 bits per heavy atom. The van der Waals surface area contributed by atoms with E-state index in [9.17, 15) is 4.79 Å². The fraction of sp³-hybridized carbons (Fsp3) is 0.941. The highest BCUT2D eigenvalue weighted by Gasteiger charge is 2.09. The smallest absolute Gasteiger partial charge is 0.306 e. The van der Waals surface area contributed by atoms with E-state index in [0.29, 0.717) is 0 Å². The van der Waals surface area contributed by atoms with E-state index >= 15 is 0 Å². The Hall–Kier alpha value is -0.530. The largest absolute Gasteiger partial charge is 0.481 e. The lowest BCUT2D eigenvalue weighted by Crippen LogP contribution is -2.08. The van der Waals surface area contributed by atoms with Gasteiger partial charge in [0.1, 0.15) is 0 Å². The Kier molecular flexibility index (Phi) is 12.2. The number of carboxylic acids is 1. The van der Waals surface area contributed by atoms with Gasteiger partial charge in [-0.25, -0.2) is 0 Å². The van der Waals surface area contributed by atoms with Gasteiger partial charge in [0.15, 0.2) is 0 Å². The number of hydrogen-bond donors (Lipinski definition) is 1. The maximum absolute atomic E-state index is 10.6. The van der Waals surface area contributed by atoms with Crippen molar-refractivity contribution in [2.24, 2.45) is 11.8 Å². The first-order chi connectivity index (χ1) is 9.07. The minimum Gasteiger partial charge on any atom is -0.481 e. The molecule has 0 saturated carbocycles. The SMILES string of the molecule is CCCCC(C)CCCCCCCCC(C)C(=O)O. The van der Waals surface area contributed by atoms with E-state index in [0.717, 1.165) is 18.8 Å². The van der Waals surface area contributed by atoms with Crippen LogP contribution in [0, 0.1) is 11.8 Å². The van der Waals surface area contributed by atoms with Gasteiger partial charge in [0, 0.05) is 0 Å². The van der Waals surface area contributed by atoms with Gasteiger partial charge >= 0.3 is 5.97 Å². The van der Waals surface area contributed by atoms with Crippen molar-refractivity contribution in [2.45, 2.75) is 91.4 Å². The lowest BCUT2D eigenvalue weighted by molar-refractivity contribution is -0.141. The molecule has 0 aliphatic rings. The van der Waals surface area contributed by atoms with Crippen LogP contribution in [0.5, 0.6) is 0 Å². The molecule has 0 amide bonds. The molecule has 0 radical (unpaired) electrons. The van der Waals surface area contributed by atoms with Crippen LogP contribution in [0.2, 0.25) is 0 Å². The molecule has 2 nitrogen and oxygen atoms in total. The molecule has 0 aromatic heterocycles. The second kappa shape index (κ2) is 12.5. The van der Waals surface area contributed by atoms with E-state index in [1.165, 1.54) is 57.8 Å².